The lowest BCUT2D eigenvalue weighted by Gasteiger charge is -2.31. The lowest BCUT2D eigenvalue weighted by Crippen LogP contribution is -2.51. The molecule has 0 saturated carbocycles. The molecular formula is C13H18ClN3O2S. The molecule has 0 aliphatic carbocycles. The number of rotatable bonds is 2. The zero-order valence-corrected chi connectivity index (χ0v) is 13.1. The van der Waals surface area contributed by atoms with Gasteiger partial charge in [0.2, 0.25) is 10.0 Å². The number of halogens is 1. The Balaban J connectivity index is 0.00000200. The van der Waals surface area contributed by atoms with Gasteiger partial charge in [0.25, 0.3) is 0 Å². The van der Waals surface area contributed by atoms with Crippen LogP contribution in [0.25, 0.3) is 0 Å². The molecule has 0 aromatic heterocycles. The van der Waals surface area contributed by atoms with E-state index in [1.54, 1.807) is 19.1 Å². The van der Waals surface area contributed by atoms with Crippen LogP contribution in [-0.4, -0.2) is 38.4 Å². The van der Waals surface area contributed by atoms with E-state index in [9.17, 15) is 8.42 Å². The zero-order chi connectivity index (χ0) is 14.0. The van der Waals surface area contributed by atoms with Gasteiger partial charge in [-0.1, -0.05) is 0 Å². The highest BCUT2D eigenvalue weighted by Gasteiger charge is 2.29. The van der Waals surface area contributed by atoms with Crippen LogP contribution in [0.4, 0.5) is 0 Å². The Morgan fingerprint density at radius 2 is 2.15 bits per heavy atom. The van der Waals surface area contributed by atoms with E-state index in [0.29, 0.717) is 35.7 Å². The molecule has 0 spiro atoms. The van der Waals surface area contributed by atoms with Crippen molar-refractivity contribution in [2.75, 3.05) is 19.6 Å². The van der Waals surface area contributed by atoms with Gasteiger partial charge < -0.3 is 5.32 Å². The Morgan fingerprint density at radius 1 is 1.45 bits per heavy atom. The minimum Gasteiger partial charge on any atom is -0.312 e. The lowest BCUT2D eigenvalue weighted by molar-refractivity contribution is 0.310. The summed E-state index contributed by atoms with van der Waals surface area (Å²) in [6.07, 6.45) is 0. The van der Waals surface area contributed by atoms with Gasteiger partial charge in [-0.25, -0.2) is 8.42 Å². The fraction of sp³-hybridized carbons (Fsp3) is 0.462. The number of nitrogens with one attached hydrogen (secondary N) is 1. The summed E-state index contributed by atoms with van der Waals surface area (Å²) in [6.45, 7) is 5.30. The molecule has 1 heterocycles. The van der Waals surface area contributed by atoms with Gasteiger partial charge in [0.15, 0.2) is 0 Å². The predicted octanol–water partition coefficient (Wildman–Crippen LogP) is 1.27. The van der Waals surface area contributed by atoms with Gasteiger partial charge in [-0.15, -0.1) is 12.4 Å². The van der Waals surface area contributed by atoms with Crippen LogP contribution in [-0.2, 0) is 10.0 Å². The molecule has 7 heteroatoms. The van der Waals surface area contributed by atoms with E-state index in [2.05, 4.69) is 5.32 Å². The van der Waals surface area contributed by atoms with Gasteiger partial charge in [-0.05, 0) is 37.6 Å². The summed E-state index contributed by atoms with van der Waals surface area (Å²) in [7, 11) is -3.47. The second-order valence-electron chi connectivity index (χ2n) is 4.81. The van der Waals surface area contributed by atoms with Crippen molar-refractivity contribution >= 4 is 22.4 Å². The molecule has 1 N–H and O–H groups in total. The maximum absolute atomic E-state index is 12.6. The highest BCUT2D eigenvalue weighted by atomic mass is 35.5. The Kier molecular flexibility index (Phi) is 5.54. The maximum Gasteiger partial charge on any atom is 0.243 e. The summed E-state index contributed by atoms with van der Waals surface area (Å²) in [5.41, 5.74) is 1.09. The fourth-order valence-electron chi connectivity index (χ4n) is 2.26. The molecule has 110 valence electrons. The van der Waals surface area contributed by atoms with Gasteiger partial charge in [-0.2, -0.15) is 9.57 Å². The van der Waals surface area contributed by atoms with E-state index >= 15 is 0 Å². The summed E-state index contributed by atoms with van der Waals surface area (Å²) in [5, 5.41) is 12.0. The minimum absolute atomic E-state index is 0. The van der Waals surface area contributed by atoms with Crippen molar-refractivity contribution in [3.63, 3.8) is 0 Å². The van der Waals surface area contributed by atoms with Crippen LogP contribution in [0, 0.1) is 18.3 Å². The van der Waals surface area contributed by atoms with Crippen LogP contribution in [0.1, 0.15) is 18.1 Å². The molecule has 0 radical (unpaired) electrons. The fourth-order valence-corrected chi connectivity index (χ4v) is 4.00. The average molecular weight is 316 g/mol. The molecule has 1 aliphatic heterocycles. The van der Waals surface area contributed by atoms with Crippen LogP contribution in [0.2, 0.25) is 0 Å². The number of aryl methyl sites for hydroxylation is 1. The summed E-state index contributed by atoms with van der Waals surface area (Å²) < 4.78 is 26.6. The molecule has 2 rings (SSSR count). The first-order chi connectivity index (χ1) is 8.95. The Labute approximate surface area is 126 Å². The van der Waals surface area contributed by atoms with E-state index in [4.69, 9.17) is 5.26 Å². The van der Waals surface area contributed by atoms with Crippen LogP contribution in [0.5, 0.6) is 0 Å². The molecule has 0 amide bonds. The second-order valence-corrected chi connectivity index (χ2v) is 6.72. The highest BCUT2D eigenvalue weighted by molar-refractivity contribution is 7.89. The van der Waals surface area contributed by atoms with Gasteiger partial charge in [-0.3, -0.25) is 0 Å². The van der Waals surface area contributed by atoms with E-state index in [-0.39, 0.29) is 18.4 Å². The normalized spacial score (nSPS) is 19.9. The third-order valence-electron chi connectivity index (χ3n) is 3.25. The number of benzene rings is 1. The summed E-state index contributed by atoms with van der Waals surface area (Å²) in [5.74, 6) is 0. The average Bonchev–Trinajstić information content (AvgIpc) is 2.38. The number of nitriles is 1. The van der Waals surface area contributed by atoms with Crippen LogP contribution < -0.4 is 5.32 Å². The zero-order valence-electron chi connectivity index (χ0n) is 11.5. The Bertz CT molecular complexity index is 625. The van der Waals surface area contributed by atoms with Crippen molar-refractivity contribution in [3.8, 4) is 6.07 Å². The molecule has 0 unspecified atom stereocenters. The van der Waals surface area contributed by atoms with Crippen molar-refractivity contribution in [3.05, 3.63) is 29.3 Å². The molecule has 1 aliphatic rings. The Morgan fingerprint density at radius 3 is 2.70 bits per heavy atom. The molecule has 1 fully saturated rings. The van der Waals surface area contributed by atoms with Crippen molar-refractivity contribution < 1.29 is 8.42 Å². The van der Waals surface area contributed by atoms with Crippen molar-refractivity contribution in [2.45, 2.75) is 24.8 Å². The molecule has 1 saturated heterocycles. The molecule has 1 aromatic carbocycles. The molecule has 0 bridgehead atoms. The summed E-state index contributed by atoms with van der Waals surface area (Å²) in [6, 6.07) is 6.85. The first kappa shape index (κ1) is 16.9. The van der Waals surface area contributed by atoms with Gasteiger partial charge in [0, 0.05) is 25.7 Å². The summed E-state index contributed by atoms with van der Waals surface area (Å²) in [4.78, 5) is 0.292. The van der Waals surface area contributed by atoms with Gasteiger partial charge in [0.05, 0.1) is 16.5 Å². The molecular weight excluding hydrogens is 298 g/mol. The minimum atomic E-state index is -3.47. The molecule has 5 nitrogen and oxygen atoms in total. The standard InChI is InChI=1S/C13H17N3O2S.ClH/c1-10-7-12(8-14)3-4-13(10)19(17,18)16-6-5-15-11(2)9-16;/h3-4,7,11,15H,5-6,9H2,1-2H3;1H/t11-;/m0./s1. The third-order valence-corrected chi connectivity index (χ3v) is 5.28. The Hall–Kier alpha value is -1.13. The quantitative estimate of drug-likeness (QED) is 0.892. The van der Waals surface area contributed by atoms with Gasteiger partial charge >= 0.3 is 0 Å². The van der Waals surface area contributed by atoms with Crippen molar-refractivity contribution in [1.29, 1.82) is 5.26 Å². The molecule has 20 heavy (non-hydrogen) atoms. The first-order valence-electron chi connectivity index (χ1n) is 6.19. The maximum atomic E-state index is 12.6. The largest absolute Gasteiger partial charge is 0.312 e. The van der Waals surface area contributed by atoms with Crippen molar-refractivity contribution in [1.82, 2.24) is 9.62 Å². The third kappa shape index (κ3) is 3.30. The first-order valence-corrected chi connectivity index (χ1v) is 7.63. The second kappa shape index (κ2) is 6.55. The number of sulfonamides is 1. The van der Waals surface area contributed by atoms with Crippen LogP contribution in [0.3, 0.4) is 0 Å². The van der Waals surface area contributed by atoms with E-state index in [1.807, 2.05) is 13.0 Å². The van der Waals surface area contributed by atoms with E-state index in [1.165, 1.54) is 10.4 Å². The van der Waals surface area contributed by atoms with E-state index < -0.39 is 10.0 Å². The number of hydrogen-bond donors (Lipinski definition) is 1. The number of hydrogen-bond acceptors (Lipinski definition) is 4. The molecule has 1 atom stereocenters. The van der Waals surface area contributed by atoms with E-state index in [0.717, 1.165) is 0 Å². The van der Waals surface area contributed by atoms with Gasteiger partial charge in [0.1, 0.15) is 0 Å². The van der Waals surface area contributed by atoms with Crippen LogP contribution in [0.15, 0.2) is 23.1 Å². The molecule has 1 aromatic rings. The number of piperazine rings is 1. The van der Waals surface area contributed by atoms with Crippen LogP contribution >= 0.6 is 12.4 Å². The monoisotopic (exact) mass is 315 g/mol. The SMILES string of the molecule is Cc1cc(C#N)ccc1S(=O)(=O)N1CCN[C@@H](C)C1.Cl. The highest BCUT2D eigenvalue weighted by Crippen LogP contribution is 2.21. The smallest absolute Gasteiger partial charge is 0.243 e. The summed E-state index contributed by atoms with van der Waals surface area (Å²) >= 11 is 0. The number of nitrogens with zero attached hydrogens (tertiary/aromatic N) is 2. The topological polar surface area (TPSA) is 73.2 Å². The van der Waals surface area contributed by atoms with Crippen molar-refractivity contribution in [2.24, 2.45) is 0 Å². The predicted molar refractivity (Wildman–Crippen MR) is 79.4 cm³/mol. The lowest BCUT2D eigenvalue weighted by atomic mass is 10.2.